The Balaban J connectivity index is 1.52. The van der Waals surface area contributed by atoms with Crippen LogP contribution in [0.5, 0.6) is 0 Å². The van der Waals surface area contributed by atoms with Crippen LogP contribution in [0.25, 0.3) is 0 Å². The Kier molecular flexibility index (Phi) is 6.87. The summed E-state index contributed by atoms with van der Waals surface area (Å²) in [5.41, 5.74) is 2.57. The molecule has 2 aromatic rings. The zero-order chi connectivity index (χ0) is 19.9. The van der Waals surface area contributed by atoms with Crippen LogP contribution in [0, 0.1) is 5.92 Å². The largest absolute Gasteiger partial charge is 0.372 e. The lowest BCUT2D eigenvalue weighted by Crippen LogP contribution is -2.32. The zero-order valence-corrected chi connectivity index (χ0v) is 17.1. The highest BCUT2D eigenvalue weighted by Gasteiger charge is 2.16. The summed E-state index contributed by atoms with van der Waals surface area (Å²) in [5.74, 6) is 1.45. The quantitative estimate of drug-likeness (QED) is 0.768. The summed E-state index contributed by atoms with van der Waals surface area (Å²) < 4.78 is 0. The topological polar surface area (TPSA) is 60.5 Å². The van der Waals surface area contributed by atoms with E-state index in [2.05, 4.69) is 44.5 Å². The fraction of sp³-hybridized carbons (Fsp3) is 0.455. The Morgan fingerprint density at radius 1 is 1.14 bits per heavy atom. The molecule has 6 nitrogen and oxygen atoms in total. The molecule has 0 bridgehead atoms. The summed E-state index contributed by atoms with van der Waals surface area (Å²) in [6.45, 7) is 6.27. The number of hydrogen-bond acceptors (Lipinski definition) is 5. The van der Waals surface area contributed by atoms with Gasteiger partial charge < -0.3 is 20.4 Å². The van der Waals surface area contributed by atoms with Gasteiger partial charge in [0.1, 0.15) is 5.82 Å². The second-order valence-corrected chi connectivity index (χ2v) is 7.83. The van der Waals surface area contributed by atoms with Gasteiger partial charge in [0.15, 0.2) is 0 Å². The maximum Gasteiger partial charge on any atom is 0.257 e. The van der Waals surface area contributed by atoms with Gasteiger partial charge in [-0.2, -0.15) is 0 Å². The number of hydrogen-bond donors (Lipinski definition) is 2. The number of piperidine rings is 1. The van der Waals surface area contributed by atoms with Gasteiger partial charge in [-0.15, -0.1) is 0 Å². The fourth-order valence-corrected chi connectivity index (χ4v) is 3.27. The minimum absolute atomic E-state index is 0.146. The molecule has 1 fully saturated rings. The Hall–Kier alpha value is -2.60. The van der Waals surface area contributed by atoms with Gasteiger partial charge in [0.2, 0.25) is 0 Å². The van der Waals surface area contributed by atoms with E-state index in [4.69, 9.17) is 0 Å². The van der Waals surface area contributed by atoms with Gasteiger partial charge in [0, 0.05) is 43.8 Å². The van der Waals surface area contributed by atoms with Crippen LogP contribution in [0.2, 0.25) is 0 Å². The second kappa shape index (κ2) is 9.55. The van der Waals surface area contributed by atoms with Crippen LogP contribution in [0.3, 0.4) is 0 Å². The summed E-state index contributed by atoms with van der Waals surface area (Å²) in [6.07, 6.45) is 4.09. The van der Waals surface area contributed by atoms with Gasteiger partial charge in [-0.05, 0) is 69.3 Å². The highest BCUT2D eigenvalue weighted by molar-refractivity contribution is 6.04. The zero-order valence-electron chi connectivity index (χ0n) is 17.1. The molecule has 3 rings (SSSR count). The Morgan fingerprint density at radius 2 is 1.86 bits per heavy atom. The molecule has 1 aliphatic heterocycles. The summed E-state index contributed by atoms with van der Waals surface area (Å²) in [6, 6.07) is 11.7. The highest BCUT2D eigenvalue weighted by Crippen LogP contribution is 2.24. The average Bonchev–Trinajstić information content (AvgIpc) is 2.69. The normalized spacial score (nSPS) is 14.9. The van der Waals surface area contributed by atoms with Gasteiger partial charge in [0.25, 0.3) is 5.91 Å². The smallest absolute Gasteiger partial charge is 0.257 e. The first-order valence-electron chi connectivity index (χ1n) is 10.0. The average molecular weight is 382 g/mol. The predicted molar refractivity (Wildman–Crippen MR) is 116 cm³/mol. The highest BCUT2D eigenvalue weighted by atomic mass is 16.1. The number of nitrogens with zero attached hydrogens (tertiary/aromatic N) is 3. The van der Waals surface area contributed by atoms with Gasteiger partial charge in [-0.25, -0.2) is 4.98 Å². The fourth-order valence-electron chi connectivity index (χ4n) is 3.27. The molecule has 1 aromatic heterocycles. The predicted octanol–water partition coefficient (Wildman–Crippen LogP) is 3.54. The first-order valence-corrected chi connectivity index (χ1v) is 10.0. The molecule has 6 heteroatoms. The van der Waals surface area contributed by atoms with E-state index in [1.807, 2.05) is 32.3 Å². The number of benzene rings is 1. The number of carbonyl (C=O) groups excluding carboxylic acids is 1. The maximum absolute atomic E-state index is 12.5. The molecule has 1 aromatic carbocycles. The van der Waals surface area contributed by atoms with Crippen LogP contribution in [0.4, 0.5) is 17.2 Å². The van der Waals surface area contributed by atoms with Crippen LogP contribution < -0.4 is 15.5 Å². The standard InChI is InChI=1S/C22H31N5O/c1-17-10-13-27(14-11-17)20-7-5-19(6-8-20)25-22(28)18-4-9-21(24-16-18)23-12-15-26(2)3/h4-9,16-17H,10-15H2,1-3H3,(H,23,24)(H,25,28). The van der Waals surface area contributed by atoms with Crippen molar-refractivity contribution in [1.82, 2.24) is 9.88 Å². The minimum atomic E-state index is -0.146. The first kappa shape index (κ1) is 20.1. The molecule has 0 radical (unpaired) electrons. The van der Waals surface area contributed by atoms with Crippen molar-refractivity contribution >= 4 is 23.1 Å². The molecule has 0 saturated carbocycles. The SMILES string of the molecule is CC1CCN(c2ccc(NC(=O)c3ccc(NCCN(C)C)nc3)cc2)CC1. The molecule has 0 unspecified atom stereocenters. The van der Waals surface area contributed by atoms with Crippen molar-refractivity contribution < 1.29 is 4.79 Å². The molecule has 1 amide bonds. The molecule has 1 aliphatic rings. The molecule has 2 N–H and O–H groups in total. The van der Waals surface area contributed by atoms with Crippen molar-refractivity contribution in [2.45, 2.75) is 19.8 Å². The van der Waals surface area contributed by atoms with E-state index in [9.17, 15) is 4.79 Å². The maximum atomic E-state index is 12.5. The lowest BCUT2D eigenvalue weighted by Gasteiger charge is -2.32. The van der Waals surface area contributed by atoms with Crippen LogP contribution in [0.1, 0.15) is 30.1 Å². The second-order valence-electron chi connectivity index (χ2n) is 7.83. The van der Waals surface area contributed by atoms with Crippen molar-refractivity contribution in [3.8, 4) is 0 Å². The summed E-state index contributed by atoms with van der Waals surface area (Å²) >= 11 is 0. The van der Waals surface area contributed by atoms with Crippen molar-refractivity contribution in [1.29, 1.82) is 0 Å². The van der Waals surface area contributed by atoms with Crippen LogP contribution in [-0.4, -0.2) is 56.1 Å². The van der Waals surface area contributed by atoms with E-state index < -0.39 is 0 Å². The van der Waals surface area contributed by atoms with E-state index >= 15 is 0 Å². The number of amides is 1. The van der Waals surface area contributed by atoms with Crippen LogP contribution in [-0.2, 0) is 0 Å². The molecule has 0 aliphatic carbocycles. The number of pyridine rings is 1. The summed E-state index contributed by atoms with van der Waals surface area (Å²) in [7, 11) is 4.06. The van der Waals surface area contributed by atoms with Crippen LogP contribution >= 0.6 is 0 Å². The lowest BCUT2D eigenvalue weighted by molar-refractivity contribution is 0.102. The third-order valence-corrected chi connectivity index (χ3v) is 5.16. The molecule has 28 heavy (non-hydrogen) atoms. The number of aromatic nitrogens is 1. The molecule has 0 atom stereocenters. The monoisotopic (exact) mass is 381 g/mol. The van der Waals surface area contributed by atoms with Gasteiger partial charge in [-0.3, -0.25) is 4.79 Å². The molecular weight excluding hydrogens is 350 g/mol. The van der Waals surface area contributed by atoms with Crippen molar-refractivity contribution in [3.63, 3.8) is 0 Å². The van der Waals surface area contributed by atoms with E-state index in [-0.39, 0.29) is 5.91 Å². The number of likely N-dealkylation sites (N-methyl/N-ethyl adjacent to an activating group) is 1. The van der Waals surface area contributed by atoms with Crippen molar-refractivity contribution in [2.75, 3.05) is 55.8 Å². The van der Waals surface area contributed by atoms with Gasteiger partial charge >= 0.3 is 0 Å². The Morgan fingerprint density at radius 3 is 2.46 bits per heavy atom. The van der Waals surface area contributed by atoms with Crippen molar-refractivity contribution in [3.05, 3.63) is 48.2 Å². The third-order valence-electron chi connectivity index (χ3n) is 5.16. The first-order chi connectivity index (χ1) is 13.5. The number of carbonyl (C=O) groups is 1. The number of anilines is 3. The minimum Gasteiger partial charge on any atom is -0.372 e. The van der Waals surface area contributed by atoms with E-state index in [1.54, 1.807) is 12.3 Å². The van der Waals surface area contributed by atoms with Crippen LogP contribution in [0.15, 0.2) is 42.6 Å². The Labute approximate surface area is 167 Å². The molecular formula is C22H31N5O. The lowest BCUT2D eigenvalue weighted by atomic mass is 9.99. The third kappa shape index (κ3) is 5.70. The molecule has 1 saturated heterocycles. The molecule has 0 spiro atoms. The number of rotatable bonds is 7. The summed E-state index contributed by atoms with van der Waals surface area (Å²) in [5, 5.41) is 6.19. The van der Waals surface area contributed by atoms with E-state index in [1.165, 1.54) is 18.5 Å². The molecule has 2 heterocycles. The summed E-state index contributed by atoms with van der Waals surface area (Å²) in [4.78, 5) is 21.3. The van der Waals surface area contributed by atoms with E-state index in [0.717, 1.165) is 43.6 Å². The Bertz CT molecular complexity index is 750. The van der Waals surface area contributed by atoms with Crippen molar-refractivity contribution in [2.24, 2.45) is 5.92 Å². The number of nitrogens with one attached hydrogen (secondary N) is 2. The van der Waals surface area contributed by atoms with E-state index in [0.29, 0.717) is 5.56 Å². The molecule has 150 valence electrons. The van der Waals surface area contributed by atoms with Gasteiger partial charge in [-0.1, -0.05) is 6.92 Å². The van der Waals surface area contributed by atoms with Gasteiger partial charge in [0.05, 0.1) is 5.56 Å².